The van der Waals surface area contributed by atoms with Gasteiger partial charge in [0.25, 0.3) is 0 Å². The number of aliphatic hydroxyl groups is 1. The smallest absolute Gasteiger partial charge is 0.317 e. The standard InChI is InChI=1S/C15H25N3O2S/c1-17-7-3-5-12(14(17)13-6-4-10-21-13)11-16-15(20)18(2)8-9-19/h4,6,10,12,14,19H,3,5,7-9,11H2,1-2H3,(H,16,20). The van der Waals surface area contributed by atoms with Crippen molar-refractivity contribution in [2.75, 3.05) is 40.3 Å². The maximum absolute atomic E-state index is 11.9. The molecule has 2 amide bonds. The van der Waals surface area contributed by atoms with Gasteiger partial charge in [-0.3, -0.25) is 4.90 Å². The van der Waals surface area contributed by atoms with Gasteiger partial charge in [-0.2, -0.15) is 0 Å². The monoisotopic (exact) mass is 311 g/mol. The summed E-state index contributed by atoms with van der Waals surface area (Å²) in [7, 11) is 3.87. The van der Waals surface area contributed by atoms with E-state index in [0.29, 0.717) is 25.0 Å². The van der Waals surface area contributed by atoms with E-state index in [-0.39, 0.29) is 12.6 Å². The Kier molecular flexibility index (Phi) is 6.02. The van der Waals surface area contributed by atoms with E-state index in [1.807, 2.05) is 0 Å². The molecular formula is C15H25N3O2S. The van der Waals surface area contributed by atoms with Crippen LogP contribution in [0.4, 0.5) is 4.79 Å². The van der Waals surface area contributed by atoms with Crippen LogP contribution in [0.2, 0.25) is 0 Å². The number of hydrogen-bond acceptors (Lipinski definition) is 4. The maximum Gasteiger partial charge on any atom is 0.317 e. The van der Waals surface area contributed by atoms with Crippen molar-refractivity contribution in [1.29, 1.82) is 0 Å². The Hall–Kier alpha value is -1.11. The first-order valence-electron chi connectivity index (χ1n) is 7.47. The summed E-state index contributed by atoms with van der Waals surface area (Å²) in [6.45, 7) is 2.15. The highest BCUT2D eigenvalue weighted by Crippen LogP contribution is 2.36. The Bertz CT molecular complexity index is 438. The summed E-state index contributed by atoms with van der Waals surface area (Å²) in [6.07, 6.45) is 2.31. The molecule has 2 N–H and O–H groups in total. The van der Waals surface area contributed by atoms with Gasteiger partial charge in [0.1, 0.15) is 0 Å². The van der Waals surface area contributed by atoms with E-state index in [1.54, 1.807) is 18.4 Å². The van der Waals surface area contributed by atoms with Gasteiger partial charge in [0.15, 0.2) is 0 Å². The van der Waals surface area contributed by atoms with Crippen LogP contribution >= 0.6 is 11.3 Å². The highest BCUT2D eigenvalue weighted by molar-refractivity contribution is 7.10. The molecule has 2 rings (SSSR count). The molecule has 0 aliphatic carbocycles. The van der Waals surface area contributed by atoms with Crippen LogP contribution in [-0.4, -0.2) is 61.3 Å². The van der Waals surface area contributed by atoms with Crippen LogP contribution in [0.3, 0.4) is 0 Å². The van der Waals surface area contributed by atoms with Crippen LogP contribution in [-0.2, 0) is 0 Å². The molecule has 5 nitrogen and oxygen atoms in total. The van der Waals surface area contributed by atoms with Crippen LogP contribution in [0.15, 0.2) is 17.5 Å². The molecule has 6 heteroatoms. The molecule has 0 saturated carbocycles. The van der Waals surface area contributed by atoms with Gasteiger partial charge in [0.2, 0.25) is 0 Å². The number of likely N-dealkylation sites (N-methyl/N-ethyl adjacent to an activating group) is 1. The molecule has 1 fully saturated rings. The Morgan fingerprint density at radius 3 is 3.10 bits per heavy atom. The third kappa shape index (κ3) is 4.18. The summed E-state index contributed by atoms with van der Waals surface area (Å²) in [5, 5.41) is 14.0. The molecule has 118 valence electrons. The Labute approximate surface area is 130 Å². The molecule has 1 saturated heterocycles. The van der Waals surface area contributed by atoms with E-state index >= 15 is 0 Å². The predicted molar refractivity (Wildman–Crippen MR) is 85.5 cm³/mol. The average molecular weight is 311 g/mol. The van der Waals surface area contributed by atoms with Crippen molar-refractivity contribution < 1.29 is 9.90 Å². The Balaban J connectivity index is 1.95. The van der Waals surface area contributed by atoms with E-state index < -0.39 is 0 Å². The number of amides is 2. The second-order valence-corrected chi connectivity index (χ2v) is 6.65. The first kappa shape index (κ1) is 16.3. The minimum atomic E-state index is -0.109. The molecule has 1 aliphatic rings. The van der Waals surface area contributed by atoms with E-state index in [2.05, 4.69) is 34.8 Å². The van der Waals surface area contributed by atoms with Gasteiger partial charge in [0, 0.05) is 31.1 Å². The lowest BCUT2D eigenvalue weighted by Gasteiger charge is -2.39. The Morgan fingerprint density at radius 2 is 2.43 bits per heavy atom. The number of thiophene rings is 1. The number of likely N-dealkylation sites (tertiary alicyclic amines) is 1. The summed E-state index contributed by atoms with van der Waals surface area (Å²) in [5.74, 6) is 0.439. The SMILES string of the molecule is CN(CCO)C(=O)NCC1CCCN(C)C1c1cccs1. The molecule has 0 radical (unpaired) electrons. The number of nitrogens with zero attached hydrogens (tertiary/aromatic N) is 2. The van der Waals surface area contributed by atoms with Crippen molar-refractivity contribution in [3.8, 4) is 0 Å². The molecule has 1 aromatic rings. The quantitative estimate of drug-likeness (QED) is 0.871. The van der Waals surface area contributed by atoms with Crippen LogP contribution in [0.1, 0.15) is 23.8 Å². The average Bonchev–Trinajstić information content (AvgIpc) is 2.98. The Morgan fingerprint density at radius 1 is 1.62 bits per heavy atom. The van der Waals surface area contributed by atoms with Gasteiger partial charge >= 0.3 is 6.03 Å². The molecule has 1 aliphatic heterocycles. The van der Waals surface area contributed by atoms with Crippen molar-refractivity contribution in [2.24, 2.45) is 5.92 Å². The number of aliphatic hydroxyl groups excluding tert-OH is 1. The zero-order valence-electron chi connectivity index (χ0n) is 12.8. The summed E-state index contributed by atoms with van der Waals surface area (Å²) < 4.78 is 0. The number of hydrogen-bond donors (Lipinski definition) is 2. The van der Waals surface area contributed by atoms with Gasteiger partial charge in [-0.05, 0) is 43.8 Å². The lowest BCUT2D eigenvalue weighted by atomic mass is 9.88. The van der Waals surface area contributed by atoms with Gasteiger partial charge < -0.3 is 15.3 Å². The number of rotatable bonds is 5. The van der Waals surface area contributed by atoms with Gasteiger partial charge in [0.05, 0.1) is 6.61 Å². The van der Waals surface area contributed by atoms with Crippen molar-refractivity contribution >= 4 is 17.4 Å². The molecule has 2 unspecified atom stereocenters. The van der Waals surface area contributed by atoms with E-state index in [0.717, 1.165) is 13.0 Å². The molecule has 2 atom stereocenters. The minimum Gasteiger partial charge on any atom is -0.395 e. The predicted octanol–water partition coefficient (Wildman–Crippen LogP) is 1.76. The van der Waals surface area contributed by atoms with E-state index in [9.17, 15) is 4.79 Å². The molecule has 2 heterocycles. The van der Waals surface area contributed by atoms with Crippen LogP contribution < -0.4 is 5.32 Å². The number of piperidine rings is 1. The van der Waals surface area contributed by atoms with Gasteiger partial charge in [-0.1, -0.05) is 6.07 Å². The molecule has 0 bridgehead atoms. The summed E-state index contributed by atoms with van der Waals surface area (Å²) in [5.41, 5.74) is 0. The fourth-order valence-corrected chi connectivity index (χ4v) is 3.97. The largest absolute Gasteiger partial charge is 0.395 e. The van der Waals surface area contributed by atoms with Crippen LogP contribution in [0.5, 0.6) is 0 Å². The summed E-state index contributed by atoms with van der Waals surface area (Å²) in [4.78, 5) is 17.2. The number of urea groups is 1. The van der Waals surface area contributed by atoms with E-state index in [1.165, 1.54) is 16.2 Å². The second kappa shape index (κ2) is 7.77. The minimum absolute atomic E-state index is 0.00604. The molecule has 0 aromatic carbocycles. The highest BCUT2D eigenvalue weighted by Gasteiger charge is 2.31. The molecular weight excluding hydrogens is 286 g/mol. The fourth-order valence-electron chi connectivity index (χ4n) is 2.99. The first-order valence-corrected chi connectivity index (χ1v) is 8.35. The first-order chi connectivity index (χ1) is 10.1. The van der Waals surface area contributed by atoms with Crippen molar-refractivity contribution in [3.63, 3.8) is 0 Å². The lowest BCUT2D eigenvalue weighted by molar-refractivity contribution is 0.120. The normalized spacial score (nSPS) is 23.0. The summed E-state index contributed by atoms with van der Waals surface area (Å²) >= 11 is 1.79. The third-order valence-corrected chi connectivity index (χ3v) is 5.08. The van der Waals surface area contributed by atoms with Crippen molar-refractivity contribution in [1.82, 2.24) is 15.1 Å². The number of nitrogens with one attached hydrogen (secondary N) is 1. The lowest BCUT2D eigenvalue weighted by Crippen LogP contribution is -2.45. The molecule has 21 heavy (non-hydrogen) atoms. The zero-order valence-corrected chi connectivity index (χ0v) is 13.6. The van der Waals surface area contributed by atoms with Gasteiger partial charge in [-0.25, -0.2) is 4.79 Å². The van der Waals surface area contributed by atoms with Gasteiger partial charge in [-0.15, -0.1) is 11.3 Å². The molecule has 0 spiro atoms. The summed E-state index contributed by atoms with van der Waals surface area (Å²) in [6, 6.07) is 4.56. The van der Waals surface area contributed by atoms with Crippen molar-refractivity contribution in [3.05, 3.63) is 22.4 Å². The van der Waals surface area contributed by atoms with Crippen molar-refractivity contribution in [2.45, 2.75) is 18.9 Å². The second-order valence-electron chi connectivity index (χ2n) is 5.67. The van der Waals surface area contributed by atoms with Crippen LogP contribution in [0.25, 0.3) is 0 Å². The third-order valence-electron chi connectivity index (χ3n) is 4.14. The number of carbonyl (C=O) groups is 1. The van der Waals surface area contributed by atoms with Crippen LogP contribution in [0, 0.1) is 5.92 Å². The highest BCUT2D eigenvalue weighted by atomic mass is 32.1. The molecule has 1 aromatic heterocycles. The number of carbonyl (C=O) groups excluding carboxylic acids is 1. The maximum atomic E-state index is 11.9. The van der Waals surface area contributed by atoms with E-state index in [4.69, 9.17) is 5.11 Å². The fraction of sp³-hybridized carbons (Fsp3) is 0.667. The zero-order chi connectivity index (χ0) is 15.2. The topological polar surface area (TPSA) is 55.8 Å².